The summed E-state index contributed by atoms with van der Waals surface area (Å²) in [6.45, 7) is 0. The molecule has 0 spiro atoms. The molecule has 0 atom stereocenters. The first kappa shape index (κ1) is 13.7. The zero-order valence-electron chi connectivity index (χ0n) is 8.85. The smallest absolute Gasteiger partial charge is 0.151 e. The predicted molar refractivity (Wildman–Crippen MR) is 81.1 cm³/mol. The summed E-state index contributed by atoms with van der Waals surface area (Å²) in [6.07, 6.45) is 0. The van der Waals surface area contributed by atoms with Crippen molar-refractivity contribution in [1.82, 2.24) is 4.98 Å². The Morgan fingerprint density at radius 3 is 2.44 bits per heavy atom. The molecule has 3 nitrogen and oxygen atoms in total. The lowest BCUT2D eigenvalue weighted by Gasteiger charge is -2.10. The number of halogens is 4. The average Bonchev–Trinajstić information content (AvgIpc) is 2.29. The van der Waals surface area contributed by atoms with Crippen molar-refractivity contribution in [2.24, 2.45) is 0 Å². The number of nitrogen functional groups attached to an aromatic ring is 1. The second-order valence-corrected chi connectivity index (χ2v) is 5.57. The first-order valence-corrected chi connectivity index (χ1v) is 6.73. The third kappa shape index (κ3) is 3.01. The standard InChI is InChI=1S/C11H7BrCl3N3/c12-5-1-2-9(6(13)3-5)17-11-8(15)4-7(14)10(16)18-11/h1-4H,(H3,16,17,18). The fraction of sp³-hybridized carbons (Fsp3) is 0. The second kappa shape index (κ2) is 5.53. The molecule has 18 heavy (non-hydrogen) atoms. The van der Waals surface area contributed by atoms with Crippen LogP contribution in [0.5, 0.6) is 0 Å². The molecular weight excluding hydrogens is 360 g/mol. The first-order valence-electron chi connectivity index (χ1n) is 4.81. The van der Waals surface area contributed by atoms with E-state index >= 15 is 0 Å². The fourth-order valence-corrected chi connectivity index (χ4v) is 2.41. The highest BCUT2D eigenvalue weighted by Crippen LogP contribution is 2.32. The Bertz CT molecular complexity index is 604. The summed E-state index contributed by atoms with van der Waals surface area (Å²) in [6, 6.07) is 6.94. The van der Waals surface area contributed by atoms with Crippen molar-refractivity contribution in [1.29, 1.82) is 0 Å². The molecule has 0 aliphatic rings. The fourth-order valence-electron chi connectivity index (χ4n) is 1.29. The van der Waals surface area contributed by atoms with Crippen LogP contribution in [0.4, 0.5) is 17.3 Å². The van der Waals surface area contributed by atoms with Crippen LogP contribution in [0.2, 0.25) is 15.1 Å². The lowest BCUT2D eigenvalue weighted by atomic mass is 10.3. The maximum absolute atomic E-state index is 6.08. The summed E-state index contributed by atoms with van der Waals surface area (Å²) < 4.78 is 0.882. The van der Waals surface area contributed by atoms with Crippen molar-refractivity contribution in [2.45, 2.75) is 0 Å². The number of benzene rings is 1. The zero-order valence-corrected chi connectivity index (χ0v) is 12.7. The number of nitrogens with zero attached hydrogens (tertiary/aromatic N) is 1. The molecule has 0 aliphatic carbocycles. The van der Waals surface area contributed by atoms with Crippen LogP contribution in [0.1, 0.15) is 0 Å². The number of pyridine rings is 1. The Morgan fingerprint density at radius 2 is 1.78 bits per heavy atom. The quantitative estimate of drug-likeness (QED) is 0.774. The Hall–Kier alpha value is -0.680. The van der Waals surface area contributed by atoms with Crippen LogP contribution in [0.15, 0.2) is 28.7 Å². The van der Waals surface area contributed by atoms with Gasteiger partial charge in [0.05, 0.1) is 20.8 Å². The topological polar surface area (TPSA) is 50.9 Å². The Balaban J connectivity index is 2.37. The van der Waals surface area contributed by atoms with Crippen molar-refractivity contribution in [3.8, 4) is 0 Å². The molecule has 94 valence electrons. The van der Waals surface area contributed by atoms with E-state index in [0.29, 0.717) is 26.6 Å². The van der Waals surface area contributed by atoms with Gasteiger partial charge < -0.3 is 11.1 Å². The van der Waals surface area contributed by atoms with Crippen LogP contribution in [-0.2, 0) is 0 Å². The van der Waals surface area contributed by atoms with Crippen molar-refractivity contribution < 1.29 is 0 Å². The molecule has 2 aromatic rings. The number of nitrogens with two attached hydrogens (primary N) is 1. The molecule has 0 bridgehead atoms. The van der Waals surface area contributed by atoms with E-state index in [-0.39, 0.29) is 5.82 Å². The highest BCUT2D eigenvalue weighted by Gasteiger charge is 2.09. The molecule has 0 saturated carbocycles. The number of anilines is 3. The predicted octanol–water partition coefficient (Wildman–Crippen LogP) is 5.13. The molecule has 1 aromatic heterocycles. The van der Waals surface area contributed by atoms with E-state index in [9.17, 15) is 0 Å². The number of nitrogens with one attached hydrogen (secondary N) is 1. The van der Waals surface area contributed by atoms with E-state index in [1.807, 2.05) is 6.07 Å². The van der Waals surface area contributed by atoms with Gasteiger partial charge in [0, 0.05) is 4.47 Å². The molecule has 0 unspecified atom stereocenters. The molecule has 1 aromatic carbocycles. The van der Waals surface area contributed by atoms with Gasteiger partial charge in [-0.25, -0.2) is 4.98 Å². The summed E-state index contributed by atoms with van der Waals surface area (Å²) in [4.78, 5) is 4.06. The van der Waals surface area contributed by atoms with E-state index in [4.69, 9.17) is 40.5 Å². The summed E-state index contributed by atoms with van der Waals surface area (Å²) in [7, 11) is 0. The van der Waals surface area contributed by atoms with Gasteiger partial charge in [0.2, 0.25) is 0 Å². The van der Waals surface area contributed by atoms with Crippen LogP contribution in [-0.4, -0.2) is 4.98 Å². The normalized spacial score (nSPS) is 10.4. The van der Waals surface area contributed by atoms with Gasteiger partial charge in [-0.15, -0.1) is 0 Å². The Kier molecular flexibility index (Phi) is 4.22. The molecule has 0 amide bonds. The second-order valence-electron chi connectivity index (χ2n) is 3.44. The number of aromatic nitrogens is 1. The van der Waals surface area contributed by atoms with Gasteiger partial charge >= 0.3 is 0 Å². The van der Waals surface area contributed by atoms with Crippen LogP contribution >= 0.6 is 50.7 Å². The van der Waals surface area contributed by atoms with E-state index < -0.39 is 0 Å². The lowest BCUT2D eigenvalue weighted by molar-refractivity contribution is 1.31. The summed E-state index contributed by atoms with van der Waals surface area (Å²) in [5, 5.41) is 4.22. The summed E-state index contributed by atoms with van der Waals surface area (Å²) in [5.74, 6) is 0.611. The van der Waals surface area contributed by atoms with E-state index in [0.717, 1.165) is 4.47 Å². The molecule has 0 saturated heterocycles. The van der Waals surface area contributed by atoms with Crippen molar-refractivity contribution in [2.75, 3.05) is 11.1 Å². The Morgan fingerprint density at radius 1 is 1.06 bits per heavy atom. The molecule has 0 aliphatic heterocycles. The molecule has 0 radical (unpaired) electrons. The molecule has 2 rings (SSSR count). The maximum Gasteiger partial charge on any atom is 0.151 e. The number of hydrogen-bond acceptors (Lipinski definition) is 3. The largest absolute Gasteiger partial charge is 0.382 e. The van der Waals surface area contributed by atoms with Gasteiger partial charge in [0.1, 0.15) is 5.82 Å². The van der Waals surface area contributed by atoms with Crippen molar-refractivity contribution in [3.63, 3.8) is 0 Å². The molecule has 0 fully saturated rings. The lowest BCUT2D eigenvalue weighted by Crippen LogP contribution is -1.99. The highest BCUT2D eigenvalue weighted by molar-refractivity contribution is 9.10. The van der Waals surface area contributed by atoms with Gasteiger partial charge in [-0.2, -0.15) is 0 Å². The van der Waals surface area contributed by atoms with Gasteiger partial charge in [-0.3, -0.25) is 0 Å². The Labute approximate surface area is 127 Å². The molecular formula is C11H7BrCl3N3. The average molecular weight is 367 g/mol. The van der Waals surface area contributed by atoms with Gasteiger partial charge in [0.25, 0.3) is 0 Å². The van der Waals surface area contributed by atoms with Crippen molar-refractivity contribution >= 4 is 68.1 Å². The number of hydrogen-bond donors (Lipinski definition) is 2. The van der Waals surface area contributed by atoms with Crippen LogP contribution in [0, 0.1) is 0 Å². The summed E-state index contributed by atoms with van der Waals surface area (Å²) >= 11 is 21.2. The first-order chi connectivity index (χ1) is 8.47. The zero-order chi connectivity index (χ0) is 13.3. The minimum absolute atomic E-state index is 0.205. The monoisotopic (exact) mass is 365 g/mol. The molecule has 1 heterocycles. The highest BCUT2D eigenvalue weighted by atomic mass is 79.9. The summed E-state index contributed by atoms with van der Waals surface area (Å²) in [5.41, 5.74) is 6.30. The molecule has 7 heteroatoms. The minimum atomic E-state index is 0.205. The third-order valence-corrected chi connectivity index (χ3v) is 3.54. The van der Waals surface area contributed by atoms with E-state index in [2.05, 4.69) is 26.2 Å². The van der Waals surface area contributed by atoms with Crippen LogP contribution in [0.3, 0.4) is 0 Å². The van der Waals surface area contributed by atoms with Crippen LogP contribution < -0.4 is 11.1 Å². The SMILES string of the molecule is Nc1nc(Nc2ccc(Br)cc2Cl)c(Cl)cc1Cl. The molecule has 3 N–H and O–H groups in total. The minimum Gasteiger partial charge on any atom is -0.382 e. The van der Waals surface area contributed by atoms with Gasteiger partial charge in [0.15, 0.2) is 5.82 Å². The van der Waals surface area contributed by atoms with E-state index in [1.165, 1.54) is 6.07 Å². The maximum atomic E-state index is 6.08. The van der Waals surface area contributed by atoms with E-state index in [1.54, 1.807) is 12.1 Å². The van der Waals surface area contributed by atoms with Gasteiger partial charge in [-0.05, 0) is 24.3 Å². The van der Waals surface area contributed by atoms with Crippen LogP contribution in [0.25, 0.3) is 0 Å². The third-order valence-electron chi connectivity index (χ3n) is 2.14. The van der Waals surface area contributed by atoms with Crippen molar-refractivity contribution in [3.05, 3.63) is 43.8 Å². The van der Waals surface area contributed by atoms with Gasteiger partial charge in [-0.1, -0.05) is 50.7 Å². The number of rotatable bonds is 2.